The lowest BCUT2D eigenvalue weighted by Gasteiger charge is -2.30. The lowest BCUT2D eigenvalue weighted by molar-refractivity contribution is -0.130. The largest absolute Gasteiger partial charge is 0.326 e. The number of nitrogens with zero attached hydrogens (tertiary/aromatic N) is 1. The van der Waals surface area contributed by atoms with Crippen LogP contribution >= 0.6 is 0 Å². The van der Waals surface area contributed by atoms with Gasteiger partial charge in [-0.2, -0.15) is 0 Å². The number of rotatable bonds is 12. The van der Waals surface area contributed by atoms with Crippen LogP contribution in [0.1, 0.15) is 37.8 Å². The van der Waals surface area contributed by atoms with Gasteiger partial charge < -0.3 is 5.32 Å². The molecule has 7 heteroatoms. The topological polar surface area (TPSA) is 83.6 Å². The SMILES string of the molecule is Cc1ccc(N(CCCc2ccccc2)S(=O)(=O)CC(C)(C)C(=O)CC(=O)Nc2ccccc2)cc1. The molecule has 3 aromatic rings. The highest BCUT2D eigenvalue weighted by Gasteiger charge is 2.37. The zero-order valence-corrected chi connectivity index (χ0v) is 21.9. The van der Waals surface area contributed by atoms with Gasteiger partial charge in [0.15, 0.2) is 0 Å². The molecular weight excluding hydrogens is 472 g/mol. The van der Waals surface area contributed by atoms with Crippen LogP contribution in [0.5, 0.6) is 0 Å². The number of benzene rings is 3. The van der Waals surface area contributed by atoms with E-state index in [2.05, 4.69) is 5.32 Å². The maximum Gasteiger partial charge on any atom is 0.236 e. The van der Waals surface area contributed by atoms with Crippen LogP contribution in [0.2, 0.25) is 0 Å². The van der Waals surface area contributed by atoms with Crippen molar-refractivity contribution < 1.29 is 18.0 Å². The number of carbonyl (C=O) groups is 2. The molecule has 0 spiro atoms. The molecule has 0 aliphatic heterocycles. The maximum atomic E-state index is 13.6. The average Bonchev–Trinajstić information content (AvgIpc) is 2.83. The number of anilines is 2. The molecule has 3 aromatic carbocycles. The normalized spacial score (nSPS) is 11.6. The highest BCUT2D eigenvalue weighted by molar-refractivity contribution is 7.92. The number of sulfonamides is 1. The smallest absolute Gasteiger partial charge is 0.236 e. The molecule has 0 aliphatic carbocycles. The van der Waals surface area contributed by atoms with Crippen molar-refractivity contribution in [3.63, 3.8) is 0 Å². The predicted octanol–water partition coefficient (Wildman–Crippen LogP) is 5.39. The summed E-state index contributed by atoms with van der Waals surface area (Å²) >= 11 is 0. The molecule has 6 nitrogen and oxygen atoms in total. The van der Waals surface area contributed by atoms with E-state index >= 15 is 0 Å². The summed E-state index contributed by atoms with van der Waals surface area (Å²) < 4.78 is 28.7. The fourth-order valence-corrected chi connectivity index (χ4v) is 6.02. The zero-order chi connectivity index (χ0) is 26.2. The fourth-order valence-electron chi connectivity index (χ4n) is 3.94. The van der Waals surface area contributed by atoms with E-state index in [0.717, 1.165) is 17.5 Å². The predicted molar refractivity (Wildman–Crippen MR) is 146 cm³/mol. The van der Waals surface area contributed by atoms with Gasteiger partial charge in [0.1, 0.15) is 5.78 Å². The standard InChI is InChI=1S/C29H34N2O4S/c1-23-16-18-26(19-17-23)31(20-10-13-24-11-6-4-7-12-24)36(34,35)22-29(2,3)27(32)21-28(33)30-25-14-8-5-9-15-25/h4-9,11-12,14-19H,10,13,20-22H2,1-3H3,(H,30,33). The van der Waals surface area contributed by atoms with Crippen LogP contribution in [0, 0.1) is 12.3 Å². The van der Waals surface area contributed by atoms with E-state index in [9.17, 15) is 18.0 Å². The van der Waals surface area contributed by atoms with Crippen LogP contribution in [0.25, 0.3) is 0 Å². The third-order valence-electron chi connectivity index (χ3n) is 6.00. The van der Waals surface area contributed by atoms with Crippen molar-refractivity contribution in [2.24, 2.45) is 5.41 Å². The summed E-state index contributed by atoms with van der Waals surface area (Å²) in [6.07, 6.45) is 0.974. The minimum atomic E-state index is -3.86. The molecule has 190 valence electrons. The lowest BCUT2D eigenvalue weighted by Crippen LogP contribution is -2.42. The van der Waals surface area contributed by atoms with Crippen LogP contribution in [0.3, 0.4) is 0 Å². The molecule has 1 amide bonds. The molecule has 0 bridgehead atoms. The Bertz CT molecular complexity index is 1260. The monoisotopic (exact) mass is 506 g/mol. The van der Waals surface area contributed by atoms with E-state index in [1.165, 1.54) is 4.31 Å². The minimum absolute atomic E-state index is 0.291. The average molecular weight is 507 g/mol. The molecule has 0 unspecified atom stereocenters. The molecule has 0 heterocycles. The fraction of sp³-hybridized carbons (Fsp3) is 0.310. The summed E-state index contributed by atoms with van der Waals surface area (Å²) in [4.78, 5) is 25.4. The third-order valence-corrected chi connectivity index (χ3v) is 8.16. The second kappa shape index (κ2) is 12.0. The number of ketones is 1. The first-order valence-electron chi connectivity index (χ1n) is 12.1. The Balaban J connectivity index is 1.72. The summed E-state index contributed by atoms with van der Waals surface area (Å²) in [5, 5.41) is 2.69. The van der Waals surface area contributed by atoms with E-state index in [0.29, 0.717) is 24.3 Å². The van der Waals surface area contributed by atoms with Crippen LogP contribution < -0.4 is 9.62 Å². The molecule has 0 saturated carbocycles. The Morgan fingerprint density at radius 1 is 0.861 bits per heavy atom. The Morgan fingerprint density at radius 2 is 1.44 bits per heavy atom. The number of aryl methyl sites for hydroxylation is 2. The van der Waals surface area contributed by atoms with Crippen LogP contribution in [0.4, 0.5) is 11.4 Å². The zero-order valence-electron chi connectivity index (χ0n) is 21.1. The third kappa shape index (κ3) is 7.78. The molecule has 0 aliphatic rings. The second-order valence-electron chi connectivity index (χ2n) is 9.65. The van der Waals surface area contributed by atoms with Crippen molar-refractivity contribution in [3.05, 3.63) is 96.1 Å². The van der Waals surface area contributed by atoms with Gasteiger partial charge in [-0.25, -0.2) is 8.42 Å². The Hall–Kier alpha value is -3.45. The van der Waals surface area contributed by atoms with Gasteiger partial charge in [0.2, 0.25) is 15.9 Å². The molecule has 1 N–H and O–H groups in total. The Morgan fingerprint density at radius 3 is 2.06 bits per heavy atom. The molecule has 0 atom stereocenters. The van der Waals surface area contributed by atoms with Gasteiger partial charge in [0.05, 0.1) is 17.9 Å². The number of hydrogen-bond acceptors (Lipinski definition) is 4. The summed E-state index contributed by atoms with van der Waals surface area (Å²) in [5.41, 5.74) is 2.08. The summed E-state index contributed by atoms with van der Waals surface area (Å²) in [7, 11) is -3.86. The number of para-hydroxylation sites is 1. The first-order chi connectivity index (χ1) is 17.1. The molecular formula is C29H34N2O4S. The van der Waals surface area contributed by atoms with Crippen molar-refractivity contribution in [1.29, 1.82) is 0 Å². The van der Waals surface area contributed by atoms with Crippen LogP contribution in [-0.2, 0) is 26.0 Å². The number of amides is 1. The van der Waals surface area contributed by atoms with Gasteiger partial charge in [0.25, 0.3) is 0 Å². The van der Waals surface area contributed by atoms with Gasteiger partial charge in [-0.15, -0.1) is 0 Å². The van der Waals surface area contributed by atoms with Gasteiger partial charge in [-0.05, 0) is 49.6 Å². The van der Waals surface area contributed by atoms with E-state index < -0.39 is 39.3 Å². The number of carbonyl (C=O) groups excluding carboxylic acids is 2. The van der Waals surface area contributed by atoms with Crippen molar-refractivity contribution in [2.45, 2.75) is 40.0 Å². The first kappa shape index (κ1) is 27.1. The van der Waals surface area contributed by atoms with Crippen molar-refractivity contribution in [1.82, 2.24) is 0 Å². The summed E-state index contributed by atoms with van der Waals surface area (Å²) in [6, 6.07) is 26.1. The van der Waals surface area contributed by atoms with Gasteiger partial charge in [0, 0.05) is 17.6 Å². The van der Waals surface area contributed by atoms with Gasteiger partial charge >= 0.3 is 0 Å². The van der Waals surface area contributed by atoms with E-state index in [1.807, 2.05) is 55.5 Å². The second-order valence-corrected chi connectivity index (χ2v) is 11.5. The van der Waals surface area contributed by atoms with Crippen molar-refractivity contribution >= 4 is 33.1 Å². The Kier molecular flexibility index (Phi) is 9.04. The first-order valence-corrected chi connectivity index (χ1v) is 13.7. The quantitative estimate of drug-likeness (QED) is 0.334. The van der Waals surface area contributed by atoms with Crippen LogP contribution in [-0.4, -0.2) is 32.4 Å². The number of nitrogens with one attached hydrogen (secondary N) is 1. The number of hydrogen-bond donors (Lipinski definition) is 1. The molecule has 0 saturated heterocycles. The molecule has 3 rings (SSSR count). The molecule has 36 heavy (non-hydrogen) atoms. The highest BCUT2D eigenvalue weighted by atomic mass is 32.2. The van der Waals surface area contributed by atoms with E-state index in [1.54, 1.807) is 50.2 Å². The van der Waals surface area contributed by atoms with E-state index in [4.69, 9.17) is 0 Å². The lowest BCUT2D eigenvalue weighted by atomic mass is 9.88. The molecule has 0 aromatic heterocycles. The molecule has 0 fully saturated rings. The minimum Gasteiger partial charge on any atom is -0.326 e. The number of Topliss-reactive ketones (excluding diaryl/α,β-unsaturated/α-hetero) is 1. The molecule has 0 radical (unpaired) electrons. The highest BCUT2D eigenvalue weighted by Crippen LogP contribution is 2.27. The van der Waals surface area contributed by atoms with Crippen molar-refractivity contribution in [3.8, 4) is 0 Å². The van der Waals surface area contributed by atoms with E-state index in [-0.39, 0.29) is 0 Å². The Labute approximate surface area is 214 Å². The maximum absolute atomic E-state index is 13.6. The van der Waals surface area contributed by atoms with Crippen molar-refractivity contribution in [2.75, 3.05) is 21.9 Å². The van der Waals surface area contributed by atoms with Crippen LogP contribution in [0.15, 0.2) is 84.9 Å². The summed E-state index contributed by atoms with van der Waals surface area (Å²) in [6.45, 7) is 5.40. The summed E-state index contributed by atoms with van der Waals surface area (Å²) in [5.74, 6) is -1.28. The van der Waals surface area contributed by atoms with Gasteiger partial charge in [-0.1, -0.05) is 80.1 Å². The van der Waals surface area contributed by atoms with Gasteiger partial charge in [-0.3, -0.25) is 13.9 Å².